The molecule has 2 rings (SSSR count). The standard InChI is InChI=1S/C12H18BN/c1-2-14-11-7-6-10-13(14)12-8-4-3-5-9-12/h3-5,8-9H,2,6-7,10-11H2,1H3. The second-order valence-electron chi connectivity index (χ2n) is 4.05. The van der Waals surface area contributed by atoms with Crippen LogP contribution in [0.1, 0.15) is 19.8 Å². The summed E-state index contributed by atoms with van der Waals surface area (Å²) >= 11 is 0. The molecule has 1 fully saturated rings. The number of benzene rings is 1. The predicted molar refractivity (Wildman–Crippen MR) is 63.1 cm³/mol. The van der Waals surface area contributed by atoms with Crippen LogP contribution in [-0.4, -0.2) is 24.7 Å². The fourth-order valence-electron chi connectivity index (χ4n) is 2.42. The molecular formula is C12H18BN. The van der Waals surface area contributed by atoms with Gasteiger partial charge >= 0.3 is 0 Å². The molecule has 1 aliphatic heterocycles. The highest BCUT2D eigenvalue weighted by Crippen LogP contribution is 2.14. The van der Waals surface area contributed by atoms with Gasteiger partial charge < -0.3 is 4.81 Å². The molecule has 0 unspecified atom stereocenters. The molecule has 0 atom stereocenters. The van der Waals surface area contributed by atoms with E-state index in [1.165, 1.54) is 37.7 Å². The van der Waals surface area contributed by atoms with Crippen LogP contribution in [0.2, 0.25) is 6.32 Å². The zero-order valence-electron chi connectivity index (χ0n) is 8.95. The lowest BCUT2D eigenvalue weighted by Crippen LogP contribution is -2.50. The zero-order valence-corrected chi connectivity index (χ0v) is 8.95. The van der Waals surface area contributed by atoms with Crippen molar-refractivity contribution < 1.29 is 0 Å². The average molecular weight is 187 g/mol. The van der Waals surface area contributed by atoms with E-state index in [2.05, 4.69) is 42.1 Å². The molecule has 0 amide bonds. The Morgan fingerprint density at radius 3 is 2.71 bits per heavy atom. The van der Waals surface area contributed by atoms with E-state index in [4.69, 9.17) is 0 Å². The Bertz CT molecular complexity index is 273. The maximum absolute atomic E-state index is 2.60. The van der Waals surface area contributed by atoms with Crippen molar-refractivity contribution in [1.29, 1.82) is 0 Å². The first kappa shape index (κ1) is 9.79. The van der Waals surface area contributed by atoms with E-state index in [-0.39, 0.29) is 0 Å². The SMILES string of the molecule is CCN1CCCCB1c1ccccc1. The molecule has 1 nitrogen and oxygen atoms in total. The quantitative estimate of drug-likeness (QED) is 0.640. The van der Waals surface area contributed by atoms with Crippen molar-refractivity contribution in [1.82, 2.24) is 4.81 Å². The van der Waals surface area contributed by atoms with E-state index in [1.807, 2.05) is 0 Å². The lowest BCUT2D eigenvalue weighted by molar-refractivity contribution is 0.418. The van der Waals surface area contributed by atoms with Crippen molar-refractivity contribution in [2.45, 2.75) is 26.1 Å². The lowest BCUT2D eigenvalue weighted by Gasteiger charge is -2.32. The van der Waals surface area contributed by atoms with Gasteiger partial charge in [-0.2, -0.15) is 0 Å². The molecule has 0 aliphatic carbocycles. The third-order valence-electron chi connectivity index (χ3n) is 3.20. The predicted octanol–water partition coefficient (Wildman–Crippen LogP) is 2.00. The Morgan fingerprint density at radius 1 is 1.21 bits per heavy atom. The second-order valence-corrected chi connectivity index (χ2v) is 4.05. The maximum Gasteiger partial charge on any atom is 0.257 e. The molecule has 1 heterocycles. The first-order valence-corrected chi connectivity index (χ1v) is 5.71. The summed E-state index contributed by atoms with van der Waals surface area (Å²) in [6.45, 7) is 5.40. The first-order valence-electron chi connectivity index (χ1n) is 5.71. The number of nitrogens with zero attached hydrogens (tertiary/aromatic N) is 1. The molecule has 1 saturated heterocycles. The van der Waals surface area contributed by atoms with Crippen molar-refractivity contribution in [2.75, 3.05) is 13.1 Å². The van der Waals surface area contributed by atoms with E-state index in [1.54, 1.807) is 0 Å². The van der Waals surface area contributed by atoms with E-state index >= 15 is 0 Å². The van der Waals surface area contributed by atoms with Gasteiger partial charge in [-0.15, -0.1) is 0 Å². The van der Waals surface area contributed by atoms with Crippen LogP contribution in [0.25, 0.3) is 0 Å². The van der Waals surface area contributed by atoms with Crippen molar-refractivity contribution >= 4 is 12.3 Å². The fraction of sp³-hybridized carbons (Fsp3) is 0.500. The summed E-state index contributed by atoms with van der Waals surface area (Å²) in [5.74, 6) is 0. The molecular weight excluding hydrogens is 169 g/mol. The molecule has 14 heavy (non-hydrogen) atoms. The Kier molecular flexibility index (Phi) is 3.25. The fourth-order valence-corrected chi connectivity index (χ4v) is 2.42. The van der Waals surface area contributed by atoms with Crippen molar-refractivity contribution in [3.63, 3.8) is 0 Å². The monoisotopic (exact) mass is 187 g/mol. The van der Waals surface area contributed by atoms with Gasteiger partial charge in [0.25, 0.3) is 6.85 Å². The summed E-state index contributed by atoms with van der Waals surface area (Å²) in [6, 6.07) is 10.9. The van der Waals surface area contributed by atoms with Crippen LogP contribution in [-0.2, 0) is 0 Å². The van der Waals surface area contributed by atoms with E-state index < -0.39 is 0 Å². The Balaban J connectivity index is 2.15. The molecule has 1 aromatic rings. The van der Waals surface area contributed by atoms with Gasteiger partial charge in [-0.3, -0.25) is 0 Å². The van der Waals surface area contributed by atoms with Crippen LogP contribution < -0.4 is 5.46 Å². The number of rotatable bonds is 2. The smallest absolute Gasteiger partial charge is 0.257 e. The van der Waals surface area contributed by atoms with Crippen LogP contribution >= 0.6 is 0 Å². The lowest BCUT2D eigenvalue weighted by atomic mass is 9.49. The summed E-state index contributed by atoms with van der Waals surface area (Å²) in [6.07, 6.45) is 4.09. The van der Waals surface area contributed by atoms with Crippen LogP contribution in [0.4, 0.5) is 0 Å². The molecule has 0 aromatic heterocycles. The number of hydrogen-bond acceptors (Lipinski definition) is 1. The van der Waals surface area contributed by atoms with E-state index in [0.29, 0.717) is 6.85 Å². The summed E-state index contributed by atoms with van der Waals surface area (Å²) in [4.78, 5) is 2.60. The highest BCUT2D eigenvalue weighted by Gasteiger charge is 2.26. The molecule has 74 valence electrons. The van der Waals surface area contributed by atoms with E-state index in [9.17, 15) is 0 Å². The van der Waals surface area contributed by atoms with Gasteiger partial charge in [-0.05, 0) is 19.5 Å². The molecule has 0 spiro atoms. The molecule has 1 aromatic carbocycles. The maximum atomic E-state index is 2.60. The first-order chi connectivity index (χ1) is 6.92. The molecule has 0 saturated carbocycles. The largest absolute Gasteiger partial charge is 0.338 e. The molecule has 0 radical (unpaired) electrons. The van der Waals surface area contributed by atoms with Crippen molar-refractivity contribution in [2.24, 2.45) is 0 Å². The second kappa shape index (κ2) is 4.65. The Labute approximate surface area is 87.2 Å². The van der Waals surface area contributed by atoms with Gasteiger partial charge in [0.2, 0.25) is 0 Å². The minimum atomic E-state index is 0.676. The third kappa shape index (κ3) is 2.01. The number of hydrogen-bond donors (Lipinski definition) is 0. The van der Waals surface area contributed by atoms with Crippen molar-refractivity contribution in [3.8, 4) is 0 Å². The summed E-state index contributed by atoms with van der Waals surface area (Å²) < 4.78 is 0. The van der Waals surface area contributed by atoms with Gasteiger partial charge in [0.05, 0.1) is 0 Å². The average Bonchev–Trinajstić information content (AvgIpc) is 2.30. The zero-order chi connectivity index (χ0) is 9.80. The van der Waals surface area contributed by atoms with Crippen molar-refractivity contribution in [3.05, 3.63) is 30.3 Å². The Hall–Kier alpha value is -0.755. The minimum absolute atomic E-state index is 0.676. The minimum Gasteiger partial charge on any atom is -0.338 e. The van der Waals surface area contributed by atoms with Gasteiger partial charge in [0.1, 0.15) is 0 Å². The highest BCUT2D eigenvalue weighted by atomic mass is 15.1. The topological polar surface area (TPSA) is 3.24 Å². The third-order valence-corrected chi connectivity index (χ3v) is 3.20. The summed E-state index contributed by atoms with van der Waals surface area (Å²) in [5.41, 5.74) is 1.49. The van der Waals surface area contributed by atoms with Gasteiger partial charge in [0.15, 0.2) is 0 Å². The molecule has 2 heteroatoms. The Morgan fingerprint density at radius 2 is 2.00 bits per heavy atom. The van der Waals surface area contributed by atoms with Gasteiger partial charge in [0, 0.05) is 0 Å². The normalized spacial score (nSPS) is 18.5. The summed E-state index contributed by atoms with van der Waals surface area (Å²) in [7, 11) is 0. The molecule has 0 bridgehead atoms. The molecule has 0 N–H and O–H groups in total. The van der Waals surface area contributed by atoms with E-state index in [0.717, 1.165) is 0 Å². The highest BCUT2D eigenvalue weighted by molar-refractivity contribution is 6.70. The summed E-state index contributed by atoms with van der Waals surface area (Å²) in [5, 5.41) is 0. The van der Waals surface area contributed by atoms with Crippen LogP contribution in [0, 0.1) is 0 Å². The van der Waals surface area contributed by atoms with Crippen LogP contribution in [0.3, 0.4) is 0 Å². The van der Waals surface area contributed by atoms with Gasteiger partial charge in [-0.1, -0.05) is 55.5 Å². The molecule has 1 aliphatic rings. The van der Waals surface area contributed by atoms with Gasteiger partial charge in [-0.25, -0.2) is 0 Å². The van der Waals surface area contributed by atoms with Crippen LogP contribution in [0.5, 0.6) is 0 Å². The van der Waals surface area contributed by atoms with Crippen LogP contribution in [0.15, 0.2) is 30.3 Å².